The Morgan fingerprint density at radius 2 is 2.21 bits per heavy atom. The molecule has 2 heterocycles. The van der Waals surface area contributed by atoms with Crippen LogP contribution in [0.4, 0.5) is 5.69 Å². The number of imidazole rings is 1. The molecule has 1 amide bonds. The minimum atomic E-state index is -0.299. The lowest BCUT2D eigenvalue weighted by Crippen LogP contribution is -2.26. The van der Waals surface area contributed by atoms with Crippen molar-refractivity contribution in [3.8, 4) is 11.3 Å². The maximum atomic E-state index is 11.9. The van der Waals surface area contributed by atoms with Crippen molar-refractivity contribution in [1.82, 2.24) is 9.97 Å². The number of hydrogen-bond donors (Lipinski definition) is 2. The van der Waals surface area contributed by atoms with Crippen LogP contribution in [-0.4, -0.2) is 28.6 Å². The molecule has 3 rings (SSSR count). The Morgan fingerprint density at radius 1 is 1.37 bits per heavy atom. The average Bonchev–Trinajstić information content (AvgIpc) is 3.13. The largest absolute Gasteiger partial charge is 0.368 e. The Morgan fingerprint density at radius 3 is 2.84 bits per heavy atom. The number of carbonyl (C=O) groups excluding carboxylic acids is 1. The van der Waals surface area contributed by atoms with Crippen LogP contribution in [0.2, 0.25) is 0 Å². The number of rotatable bonds is 3. The van der Waals surface area contributed by atoms with Gasteiger partial charge in [0.05, 0.1) is 18.2 Å². The molecule has 19 heavy (non-hydrogen) atoms. The van der Waals surface area contributed by atoms with Crippen LogP contribution < -0.4 is 5.32 Å². The molecule has 5 nitrogen and oxygen atoms in total. The number of H-pyrrole nitrogens is 1. The van der Waals surface area contributed by atoms with Gasteiger partial charge in [0.15, 0.2) is 0 Å². The number of amides is 1. The number of ether oxygens (including phenoxy) is 1. The van der Waals surface area contributed by atoms with Gasteiger partial charge in [-0.2, -0.15) is 0 Å². The first kappa shape index (κ1) is 11.9. The Kier molecular flexibility index (Phi) is 3.29. The molecule has 1 aliphatic heterocycles. The van der Waals surface area contributed by atoms with E-state index in [2.05, 4.69) is 15.3 Å². The van der Waals surface area contributed by atoms with Gasteiger partial charge in [0.1, 0.15) is 6.10 Å². The molecule has 0 saturated carbocycles. The number of aromatic amines is 1. The van der Waals surface area contributed by atoms with Crippen molar-refractivity contribution in [2.24, 2.45) is 0 Å². The first-order valence-corrected chi connectivity index (χ1v) is 6.34. The molecular weight excluding hydrogens is 242 g/mol. The van der Waals surface area contributed by atoms with Crippen molar-refractivity contribution in [3.05, 3.63) is 36.8 Å². The summed E-state index contributed by atoms with van der Waals surface area (Å²) in [5.74, 6) is -0.0632. The van der Waals surface area contributed by atoms with Gasteiger partial charge in [0, 0.05) is 12.3 Å². The zero-order valence-electron chi connectivity index (χ0n) is 10.4. The fourth-order valence-corrected chi connectivity index (χ4v) is 2.15. The molecule has 0 spiro atoms. The lowest BCUT2D eigenvalue weighted by molar-refractivity contribution is -0.124. The molecule has 1 atom stereocenters. The normalized spacial score (nSPS) is 18.4. The zero-order chi connectivity index (χ0) is 13.1. The first-order chi connectivity index (χ1) is 9.33. The van der Waals surface area contributed by atoms with Crippen molar-refractivity contribution in [2.75, 3.05) is 11.9 Å². The van der Waals surface area contributed by atoms with E-state index in [-0.39, 0.29) is 12.0 Å². The quantitative estimate of drug-likeness (QED) is 0.885. The summed E-state index contributed by atoms with van der Waals surface area (Å²) in [7, 11) is 0. The van der Waals surface area contributed by atoms with E-state index >= 15 is 0 Å². The number of hydrogen-bond acceptors (Lipinski definition) is 3. The summed E-state index contributed by atoms with van der Waals surface area (Å²) in [5, 5.41) is 2.87. The molecule has 0 aliphatic carbocycles. The van der Waals surface area contributed by atoms with E-state index in [4.69, 9.17) is 4.74 Å². The fraction of sp³-hybridized carbons (Fsp3) is 0.286. The third-order valence-corrected chi connectivity index (χ3v) is 3.18. The van der Waals surface area contributed by atoms with E-state index in [1.807, 2.05) is 24.3 Å². The van der Waals surface area contributed by atoms with E-state index in [1.54, 1.807) is 12.5 Å². The number of aromatic nitrogens is 2. The summed E-state index contributed by atoms with van der Waals surface area (Å²) in [6.07, 6.45) is 4.87. The number of benzene rings is 1. The van der Waals surface area contributed by atoms with E-state index < -0.39 is 0 Å². The Hall–Kier alpha value is -2.14. The van der Waals surface area contributed by atoms with Crippen molar-refractivity contribution in [3.63, 3.8) is 0 Å². The molecule has 1 unspecified atom stereocenters. The van der Waals surface area contributed by atoms with Gasteiger partial charge in [0.2, 0.25) is 0 Å². The van der Waals surface area contributed by atoms with Crippen LogP contribution in [0, 0.1) is 0 Å². The monoisotopic (exact) mass is 257 g/mol. The number of nitrogens with zero attached hydrogens (tertiary/aromatic N) is 1. The lowest BCUT2D eigenvalue weighted by atomic mass is 10.1. The highest BCUT2D eigenvalue weighted by Gasteiger charge is 2.23. The SMILES string of the molecule is O=C(Nc1ccc(-c2cnc[nH]2)cc1)C1CCCO1. The topological polar surface area (TPSA) is 67.0 Å². The lowest BCUT2D eigenvalue weighted by Gasteiger charge is -2.10. The minimum Gasteiger partial charge on any atom is -0.368 e. The van der Waals surface area contributed by atoms with Gasteiger partial charge >= 0.3 is 0 Å². The molecule has 5 heteroatoms. The molecule has 1 aliphatic rings. The van der Waals surface area contributed by atoms with Crippen molar-refractivity contribution in [2.45, 2.75) is 18.9 Å². The van der Waals surface area contributed by atoms with Crippen molar-refractivity contribution in [1.29, 1.82) is 0 Å². The molecule has 1 aromatic carbocycles. The summed E-state index contributed by atoms with van der Waals surface area (Å²) in [6.45, 7) is 0.677. The summed E-state index contributed by atoms with van der Waals surface area (Å²) in [4.78, 5) is 18.9. The Labute approximate surface area is 111 Å². The Bertz CT molecular complexity index is 543. The molecule has 2 N–H and O–H groups in total. The third kappa shape index (κ3) is 2.66. The number of nitrogens with one attached hydrogen (secondary N) is 2. The molecule has 1 aromatic heterocycles. The predicted octanol–water partition coefficient (Wildman–Crippen LogP) is 2.19. The van der Waals surface area contributed by atoms with Gasteiger partial charge in [-0.3, -0.25) is 4.79 Å². The van der Waals surface area contributed by atoms with Crippen LogP contribution in [0.5, 0.6) is 0 Å². The molecule has 1 saturated heterocycles. The van der Waals surface area contributed by atoms with Crippen LogP contribution in [0.15, 0.2) is 36.8 Å². The summed E-state index contributed by atoms with van der Waals surface area (Å²) in [6, 6.07) is 7.64. The second-order valence-corrected chi connectivity index (χ2v) is 4.53. The molecule has 98 valence electrons. The summed E-state index contributed by atoms with van der Waals surface area (Å²) in [5.41, 5.74) is 2.77. The van der Waals surface area contributed by atoms with Gasteiger partial charge in [-0.25, -0.2) is 4.98 Å². The van der Waals surface area contributed by atoms with Gasteiger partial charge in [-0.1, -0.05) is 12.1 Å². The summed E-state index contributed by atoms with van der Waals surface area (Å²) < 4.78 is 5.34. The molecule has 2 aromatic rings. The average molecular weight is 257 g/mol. The van der Waals surface area contributed by atoms with Crippen LogP contribution in [0.3, 0.4) is 0 Å². The number of anilines is 1. The van der Waals surface area contributed by atoms with Gasteiger partial charge < -0.3 is 15.0 Å². The van der Waals surface area contributed by atoms with Crippen LogP contribution in [-0.2, 0) is 9.53 Å². The standard InChI is InChI=1S/C14H15N3O2/c18-14(13-2-1-7-19-13)17-11-5-3-10(4-6-11)12-8-15-9-16-12/h3-6,8-9,13H,1-2,7H2,(H,15,16)(H,17,18). The van der Waals surface area contributed by atoms with E-state index in [1.165, 1.54) is 0 Å². The highest BCUT2D eigenvalue weighted by atomic mass is 16.5. The van der Waals surface area contributed by atoms with Crippen LogP contribution in [0.25, 0.3) is 11.3 Å². The van der Waals surface area contributed by atoms with Gasteiger partial charge in [0.25, 0.3) is 5.91 Å². The molecule has 0 radical (unpaired) electrons. The van der Waals surface area contributed by atoms with Crippen molar-refractivity contribution >= 4 is 11.6 Å². The van der Waals surface area contributed by atoms with E-state index in [0.29, 0.717) is 6.61 Å². The molecule has 1 fully saturated rings. The fourth-order valence-electron chi connectivity index (χ4n) is 2.15. The second-order valence-electron chi connectivity index (χ2n) is 4.53. The van der Waals surface area contributed by atoms with Crippen LogP contribution >= 0.6 is 0 Å². The maximum absolute atomic E-state index is 11.9. The molecule has 0 bridgehead atoms. The second kappa shape index (κ2) is 5.24. The van der Waals surface area contributed by atoms with Crippen LogP contribution in [0.1, 0.15) is 12.8 Å². The smallest absolute Gasteiger partial charge is 0.253 e. The third-order valence-electron chi connectivity index (χ3n) is 3.18. The highest BCUT2D eigenvalue weighted by molar-refractivity contribution is 5.94. The number of carbonyl (C=O) groups is 1. The zero-order valence-corrected chi connectivity index (χ0v) is 10.4. The van der Waals surface area contributed by atoms with E-state index in [9.17, 15) is 4.79 Å². The predicted molar refractivity (Wildman–Crippen MR) is 71.6 cm³/mol. The van der Waals surface area contributed by atoms with Crippen molar-refractivity contribution < 1.29 is 9.53 Å². The van der Waals surface area contributed by atoms with Gasteiger partial charge in [-0.15, -0.1) is 0 Å². The van der Waals surface area contributed by atoms with Gasteiger partial charge in [-0.05, 0) is 30.5 Å². The Balaban J connectivity index is 1.67. The maximum Gasteiger partial charge on any atom is 0.253 e. The summed E-state index contributed by atoms with van der Waals surface area (Å²) >= 11 is 0. The van der Waals surface area contributed by atoms with E-state index in [0.717, 1.165) is 29.8 Å². The minimum absolute atomic E-state index is 0.0632. The highest BCUT2D eigenvalue weighted by Crippen LogP contribution is 2.20. The first-order valence-electron chi connectivity index (χ1n) is 6.34. The molecular formula is C14H15N3O2.